The van der Waals surface area contributed by atoms with Crippen LogP contribution in [-0.2, 0) is 26.2 Å². The number of rotatable bonds is 11. The summed E-state index contributed by atoms with van der Waals surface area (Å²) < 4.78 is 28.5. The summed E-state index contributed by atoms with van der Waals surface area (Å²) in [5, 5.41) is 3.84. The highest BCUT2D eigenvalue weighted by molar-refractivity contribution is 7.92. The van der Waals surface area contributed by atoms with Gasteiger partial charge >= 0.3 is 0 Å². The van der Waals surface area contributed by atoms with Gasteiger partial charge in [0.1, 0.15) is 12.6 Å². The molecule has 0 radical (unpaired) electrons. The van der Waals surface area contributed by atoms with Crippen LogP contribution in [0.2, 0.25) is 15.1 Å². The van der Waals surface area contributed by atoms with E-state index in [-0.39, 0.29) is 29.1 Å². The van der Waals surface area contributed by atoms with Crippen molar-refractivity contribution in [2.45, 2.75) is 50.7 Å². The zero-order valence-electron chi connectivity index (χ0n) is 21.8. The van der Waals surface area contributed by atoms with Crippen molar-refractivity contribution >= 4 is 62.3 Å². The first-order valence-electron chi connectivity index (χ1n) is 12.3. The summed E-state index contributed by atoms with van der Waals surface area (Å²) in [6, 6.07) is 17.9. The highest BCUT2D eigenvalue weighted by Gasteiger charge is 2.33. The third-order valence-corrected chi connectivity index (χ3v) is 8.97. The molecule has 0 aromatic heterocycles. The summed E-state index contributed by atoms with van der Waals surface area (Å²) >= 11 is 18.4. The van der Waals surface area contributed by atoms with Crippen molar-refractivity contribution in [1.29, 1.82) is 0 Å². The van der Waals surface area contributed by atoms with Gasteiger partial charge in [-0.15, -0.1) is 0 Å². The third-order valence-electron chi connectivity index (χ3n) is 6.21. The minimum atomic E-state index is -4.17. The van der Waals surface area contributed by atoms with Gasteiger partial charge in [-0.2, -0.15) is 0 Å². The van der Waals surface area contributed by atoms with Crippen LogP contribution in [0.1, 0.15) is 32.8 Å². The average molecular weight is 611 g/mol. The number of nitrogens with one attached hydrogen (secondary N) is 1. The predicted octanol–water partition coefficient (Wildman–Crippen LogP) is 6.17. The van der Waals surface area contributed by atoms with Crippen LogP contribution in [0, 0.1) is 0 Å². The number of halogens is 3. The fourth-order valence-corrected chi connectivity index (χ4v) is 5.69. The van der Waals surface area contributed by atoms with Gasteiger partial charge < -0.3 is 10.2 Å². The molecule has 0 bridgehead atoms. The fraction of sp³-hybridized carbons (Fsp3) is 0.286. The standard InChI is InChI=1S/C28H30Cl3N3O4S/c1-4-19(2)32-28(36)20(3)33(17-21-13-14-25(30)26(31)15-21)27(35)18-34(23-10-8-9-22(29)16-23)39(37,38)24-11-6-5-7-12-24/h5-16,19-20H,4,17-18H2,1-3H3,(H,32,36)/t19-,20+/m1/s1. The van der Waals surface area contributed by atoms with Gasteiger partial charge in [-0.25, -0.2) is 8.42 Å². The van der Waals surface area contributed by atoms with E-state index in [0.717, 1.165) is 4.31 Å². The second-order valence-corrected chi connectivity index (χ2v) is 12.2. The molecule has 1 N–H and O–H groups in total. The number of nitrogens with zero attached hydrogens (tertiary/aromatic N) is 2. The van der Waals surface area contributed by atoms with Gasteiger partial charge in [0.05, 0.1) is 20.6 Å². The predicted molar refractivity (Wildman–Crippen MR) is 157 cm³/mol. The summed E-state index contributed by atoms with van der Waals surface area (Å²) in [5.74, 6) is -0.953. The van der Waals surface area contributed by atoms with Gasteiger partial charge in [-0.05, 0) is 68.3 Å². The second-order valence-electron chi connectivity index (χ2n) is 9.07. The van der Waals surface area contributed by atoms with Crippen LogP contribution < -0.4 is 9.62 Å². The monoisotopic (exact) mass is 609 g/mol. The number of carbonyl (C=O) groups excluding carboxylic acids is 2. The molecule has 0 aliphatic heterocycles. The maximum atomic E-state index is 13.9. The highest BCUT2D eigenvalue weighted by atomic mass is 35.5. The number of sulfonamides is 1. The van der Waals surface area contributed by atoms with Crippen molar-refractivity contribution in [2.75, 3.05) is 10.8 Å². The first kappa shape index (κ1) is 30.8. The quantitative estimate of drug-likeness (QED) is 0.281. The number of anilines is 1. The van der Waals surface area contributed by atoms with E-state index < -0.39 is 28.5 Å². The molecule has 0 saturated carbocycles. The lowest BCUT2D eigenvalue weighted by atomic mass is 10.1. The topological polar surface area (TPSA) is 86.8 Å². The van der Waals surface area contributed by atoms with Crippen molar-refractivity contribution in [3.8, 4) is 0 Å². The van der Waals surface area contributed by atoms with Crippen LogP contribution in [0.5, 0.6) is 0 Å². The van der Waals surface area contributed by atoms with E-state index in [1.807, 2.05) is 13.8 Å². The van der Waals surface area contributed by atoms with Gasteiger partial charge in [0.2, 0.25) is 11.8 Å². The van der Waals surface area contributed by atoms with Crippen molar-refractivity contribution in [1.82, 2.24) is 10.2 Å². The van der Waals surface area contributed by atoms with E-state index >= 15 is 0 Å². The third kappa shape index (κ3) is 7.88. The Labute approximate surface area is 244 Å². The molecule has 2 amide bonds. The minimum Gasteiger partial charge on any atom is -0.352 e. The first-order chi connectivity index (χ1) is 18.4. The Bertz CT molecular complexity index is 1420. The summed E-state index contributed by atoms with van der Waals surface area (Å²) in [4.78, 5) is 28.3. The lowest BCUT2D eigenvalue weighted by Gasteiger charge is -2.32. The Morgan fingerprint density at radius 2 is 1.59 bits per heavy atom. The van der Waals surface area contributed by atoms with E-state index in [0.29, 0.717) is 27.1 Å². The molecule has 208 valence electrons. The zero-order chi connectivity index (χ0) is 28.7. The molecule has 0 aliphatic rings. The maximum Gasteiger partial charge on any atom is 0.264 e. The van der Waals surface area contributed by atoms with Crippen molar-refractivity contribution in [2.24, 2.45) is 0 Å². The second kappa shape index (κ2) is 13.5. The molecule has 3 aromatic carbocycles. The number of benzene rings is 3. The van der Waals surface area contributed by atoms with Crippen LogP contribution >= 0.6 is 34.8 Å². The Morgan fingerprint density at radius 3 is 2.21 bits per heavy atom. The Balaban J connectivity index is 2.03. The summed E-state index contributed by atoms with van der Waals surface area (Å²) in [6.45, 7) is 4.83. The lowest BCUT2D eigenvalue weighted by Crippen LogP contribution is -2.52. The van der Waals surface area contributed by atoms with Crippen molar-refractivity contribution < 1.29 is 18.0 Å². The van der Waals surface area contributed by atoms with Crippen LogP contribution in [0.15, 0.2) is 77.7 Å². The Morgan fingerprint density at radius 1 is 0.897 bits per heavy atom. The Hall–Kier alpha value is -2.78. The Kier molecular flexibility index (Phi) is 10.7. The molecule has 0 fully saturated rings. The van der Waals surface area contributed by atoms with Gasteiger partial charge in [0.25, 0.3) is 10.0 Å². The molecule has 0 heterocycles. The average Bonchev–Trinajstić information content (AvgIpc) is 2.92. The molecular weight excluding hydrogens is 581 g/mol. The molecule has 11 heteroatoms. The number of carbonyl (C=O) groups is 2. The fourth-order valence-electron chi connectivity index (χ4n) is 3.76. The van der Waals surface area contributed by atoms with Crippen molar-refractivity contribution in [3.05, 3.63) is 93.4 Å². The molecule has 7 nitrogen and oxygen atoms in total. The van der Waals surface area contributed by atoms with Crippen LogP contribution in [0.4, 0.5) is 5.69 Å². The lowest BCUT2D eigenvalue weighted by molar-refractivity contribution is -0.139. The van der Waals surface area contributed by atoms with E-state index in [2.05, 4.69) is 5.32 Å². The minimum absolute atomic E-state index is 0.000411. The number of hydrogen-bond acceptors (Lipinski definition) is 4. The number of amides is 2. The zero-order valence-corrected chi connectivity index (χ0v) is 24.9. The van der Waals surface area contributed by atoms with Crippen LogP contribution in [-0.4, -0.2) is 43.8 Å². The van der Waals surface area contributed by atoms with Gasteiger partial charge in [0.15, 0.2) is 0 Å². The normalized spacial score (nSPS) is 12.9. The van der Waals surface area contributed by atoms with E-state index in [1.165, 1.54) is 23.1 Å². The molecule has 0 unspecified atom stereocenters. The molecule has 3 aromatic rings. The largest absolute Gasteiger partial charge is 0.352 e. The van der Waals surface area contributed by atoms with Gasteiger partial charge in [0, 0.05) is 17.6 Å². The summed E-state index contributed by atoms with van der Waals surface area (Å²) in [5.41, 5.74) is 0.840. The van der Waals surface area contributed by atoms with Gasteiger partial charge in [-0.1, -0.05) is 72.1 Å². The molecule has 39 heavy (non-hydrogen) atoms. The van der Waals surface area contributed by atoms with Crippen LogP contribution in [0.3, 0.4) is 0 Å². The number of hydrogen-bond donors (Lipinski definition) is 1. The molecular formula is C28H30Cl3N3O4S. The molecule has 0 spiro atoms. The van der Waals surface area contributed by atoms with Gasteiger partial charge in [-0.3, -0.25) is 13.9 Å². The molecule has 0 saturated heterocycles. The molecule has 3 rings (SSSR count). The first-order valence-corrected chi connectivity index (χ1v) is 14.9. The van der Waals surface area contributed by atoms with E-state index in [4.69, 9.17) is 34.8 Å². The smallest absolute Gasteiger partial charge is 0.264 e. The van der Waals surface area contributed by atoms with E-state index in [1.54, 1.807) is 61.5 Å². The van der Waals surface area contributed by atoms with Crippen LogP contribution in [0.25, 0.3) is 0 Å². The summed E-state index contributed by atoms with van der Waals surface area (Å²) in [6.07, 6.45) is 0.705. The highest BCUT2D eigenvalue weighted by Crippen LogP contribution is 2.27. The maximum absolute atomic E-state index is 13.9. The molecule has 2 atom stereocenters. The molecule has 0 aliphatic carbocycles. The SMILES string of the molecule is CC[C@@H](C)NC(=O)[C@H](C)N(Cc1ccc(Cl)c(Cl)c1)C(=O)CN(c1cccc(Cl)c1)S(=O)(=O)c1ccccc1. The van der Waals surface area contributed by atoms with E-state index in [9.17, 15) is 18.0 Å². The summed E-state index contributed by atoms with van der Waals surface area (Å²) in [7, 11) is -4.17. The van der Waals surface area contributed by atoms with Crippen molar-refractivity contribution in [3.63, 3.8) is 0 Å².